The highest BCUT2D eigenvalue weighted by atomic mass is 35.5. The van der Waals surface area contributed by atoms with Gasteiger partial charge in [0.15, 0.2) is 5.60 Å². The van der Waals surface area contributed by atoms with Crippen LogP contribution >= 0.6 is 11.6 Å². The standard InChI is InChI=1S/C25H13ClO7/c26-19-10-15-11(8-20(19)28)2-5-17-22(15)32-21-9-13(27)3-6-16(21)25(17)18-7-12(23(29)30)1-4-14(18)24(31)33-25/h1-10,27-28H,(H,29,30). The molecule has 0 radical (unpaired) electrons. The molecule has 2 aliphatic rings. The summed E-state index contributed by atoms with van der Waals surface area (Å²) in [6, 6.07) is 15.1. The lowest BCUT2D eigenvalue weighted by Crippen LogP contribution is -2.33. The number of phenols is 2. The summed E-state index contributed by atoms with van der Waals surface area (Å²) >= 11 is 6.17. The van der Waals surface area contributed by atoms with Gasteiger partial charge in [-0.05, 0) is 53.9 Å². The first-order valence-electron chi connectivity index (χ1n) is 9.88. The Morgan fingerprint density at radius 3 is 2.48 bits per heavy atom. The van der Waals surface area contributed by atoms with Gasteiger partial charge in [-0.15, -0.1) is 0 Å². The normalized spacial score (nSPS) is 17.8. The monoisotopic (exact) mass is 460 g/mol. The second-order valence-electron chi connectivity index (χ2n) is 7.89. The predicted molar refractivity (Wildman–Crippen MR) is 118 cm³/mol. The molecule has 0 saturated heterocycles. The summed E-state index contributed by atoms with van der Waals surface area (Å²) in [4.78, 5) is 24.7. The minimum Gasteiger partial charge on any atom is -0.508 e. The molecule has 4 aromatic rings. The molecule has 1 atom stereocenters. The van der Waals surface area contributed by atoms with Crippen molar-refractivity contribution in [3.05, 3.63) is 93.5 Å². The van der Waals surface area contributed by atoms with Gasteiger partial charge in [0.1, 0.15) is 23.0 Å². The Kier molecular flexibility index (Phi) is 3.77. The fraction of sp³-hybridized carbons (Fsp3) is 0.0400. The van der Waals surface area contributed by atoms with Gasteiger partial charge in [0.05, 0.1) is 16.1 Å². The Morgan fingerprint density at radius 1 is 0.909 bits per heavy atom. The van der Waals surface area contributed by atoms with E-state index in [1.807, 2.05) is 0 Å². The quantitative estimate of drug-likeness (QED) is 0.336. The Bertz CT molecular complexity index is 1560. The van der Waals surface area contributed by atoms with Gasteiger partial charge in [-0.1, -0.05) is 17.7 Å². The fourth-order valence-corrected chi connectivity index (χ4v) is 4.79. The van der Waals surface area contributed by atoms with Crippen LogP contribution in [0.5, 0.6) is 23.0 Å². The molecule has 0 fully saturated rings. The van der Waals surface area contributed by atoms with Gasteiger partial charge in [-0.2, -0.15) is 0 Å². The summed E-state index contributed by atoms with van der Waals surface area (Å²) in [5.74, 6) is -1.37. The number of benzene rings is 4. The van der Waals surface area contributed by atoms with Gasteiger partial charge >= 0.3 is 11.9 Å². The van der Waals surface area contributed by atoms with E-state index in [0.717, 1.165) is 0 Å². The number of ether oxygens (including phenoxy) is 2. The van der Waals surface area contributed by atoms with Crippen LogP contribution in [0.2, 0.25) is 5.02 Å². The van der Waals surface area contributed by atoms with E-state index in [4.69, 9.17) is 21.1 Å². The van der Waals surface area contributed by atoms with Gasteiger partial charge in [0.2, 0.25) is 0 Å². The molecule has 2 heterocycles. The number of aromatic carboxylic acids is 1. The average molecular weight is 461 g/mol. The number of carboxylic acids is 1. The molecule has 33 heavy (non-hydrogen) atoms. The number of carbonyl (C=O) groups excluding carboxylic acids is 1. The number of hydrogen-bond acceptors (Lipinski definition) is 6. The fourth-order valence-electron chi connectivity index (χ4n) is 4.63. The number of carboxylic acid groups (broad SMARTS) is 1. The van der Waals surface area contributed by atoms with E-state index >= 15 is 0 Å². The number of fused-ring (bicyclic) bond motifs is 8. The van der Waals surface area contributed by atoms with Crippen LogP contribution < -0.4 is 4.74 Å². The summed E-state index contributed by atoms with van der Waals surface area (Å²) in [6.45, 7) is 0. The summed E-state index contributed by atoms with van der Waals surface area (Å²) in [5.41, 5.74) is -0.0267. The smallest absolute Gasteiger partial charge is 0.340 e. The lowest BCUT2D eigenvalue weighted by Gasteiger charge is -2.37. The molecule has 162 valence electrons. The van der Waals surface area contributed by atoms with Crippen molar-refractivity contribution in [2.45, 2.75) is 5.60 Å². The molecule has 1 unspecified atom stereocenters. The lowest BCUT2D eigenvalue weighted by molar-refractivity contribution is 0.0225. The molecular weight excluding hydrogens is 448 g/mol. The number of hydrogen-bond donors (Lipinski definition) is 3. The third-order valence-corrected chi connectivity index (χ3v) is 6.39. The van der Waals surface area contributed by atoms with Crippen LogP contribution in [0.4, 0.5) is 0 Å². The summed E-state index contributed by atoms with van der Waals surface area (Å²) in [7, 11) is 0. The molecule has 7 nitrogen and oxygen atoms in total. The summed E-state index contributed by atoms with van der Waals surface area (Å²) < 4.78 is 12.2. The third kappa shape index (κ3) is 2.51. The lowest BCUT2D eigenvalue weighted by atomic mass is 9.76. The van der Waals surface area contributed by atoms with Crippen molar-refractivity contribution >= 4 is 34.3 Å². The maximum Gasteiger partial charge on any atom is 0.340 e. The first kappa shape index (κ1) is 19.5. The maximum absolute atomic E-state index is 13.0. The highest BCUT2D eigenvalue weighted by Gasteiger charge is 2.54. The SMILES string of the molecule is O=C(O)c1ccc2c(c1)C1(OC2=O)c2ccc(O)cc2Oc2c1ccc1cc(O)c(Cl)cc21. The van der Waals surface area contributed by atoms with Gasteiger partial charge in [-0.3, -0.25) is 0 Å². The molecule has 0 aliphatic carbocycles. The Hall–Kier alpha value is -4.23. The minimum absolute atomic E-state index is 0.00597. The zero-order valence-electron chi connectivity index (χ0n) is 16.6. The van der Waals surface area contributed by atoms with E-state index in [2.05, 4.69) is 0 Å². The highest BCUT2D eigenvalue weighted by molar-refractivity contribution is 6.33. The van der Waals surface area contributed by atoms with Gasteiger partial charge < -0.3 is 24.8 Å². The van der Waals surface area contributed by atoms with E-state index in [9.17, 15) is 24.9 Å². The molecule has 0 saturated carbocycles. The van der Waals surface area contributed by atoms with Crippen molar-refractivity contribution in [3.63, 3.8) is 0 Å². The average Bonchev–Trinajstić information content (AvgIpc) is 3.07. The number of rotatable bonds is 1. The van der Waals surface area contributed by atoms with Crippen LogP contribution in [-0.4, -0.2) is 27.3 Å². The molecule has 2 aliphatic heterocycles. The Labute approximate surface area is 191 Å². The van der Waals surface area contributed by atoms with Crippen LogP contribution in [0.1, 0.15) is 37.4 Å². The first-order valence-corrected chi connectivity index (χ1v) is 10.3. The summed E-state index contributed by atoms with van der Waals surface area (Å²) in [6.07, 6.45) is 0. The third-order valence-electron chi connectivity index (χ3n) is 6.09. The van der Waals surface area contributed by atoms with E-state index < -0.39 is 17.5 Å². The number of phenolic OH excluding ortho intramolecular Hbond substituents is 2. The largest absolute Gasteiger partial charge is 0.508 e. The van der Waals surface area contributed by atoms with Gasteiger partial charge in [0.25, 0.3) is 0 Å². The molecular formula is C25H13ClO7. The zero-order chi connectivity index (χ0) is 23.1. The van der Waals surface area contributed by atoms with Crippen LogP contribution in [-0.2, 0) is 10.3 Å². The predicted octanol–water partition coefficient (Wildman–Crippen LogP) is 5.17. The molecule has 6 rings (SSSR count). The van der Waals surface area contributed by atoms with E-state index in [1.165, 1.54) is 42.5 Å². The number of halogens is 1. The molecule has 3 N–H and O–H groups in total. The molecule has 4 aromatic carbocycles. The topological polar surface area (TPSA) is 113 Å². The zero-order valence-corrected chi connectivity index (χ0v) is 17.4. The van der Waals surface area contributed by atoms with Crippen molar-refractivity contribution < 1.29 is 34.4 Å². The van der Waals surface area contributed by atoms with Crippen LogP contribution in [0.15, 0.2) is 60.7 Å². The molecule has 1 spiro atoms. The van der Waals surface area contributed by atoms with Crippen molar-refractivity contribution in [1.82, 2.24) is 0 Å². The highest BCUT2D eigenvalue weighted by Crippen LogP contribution is 2.58. The number of carbonyl (C=O) groups is 2. The van der Waals surface area contributed by atoms with Crippen molar-refractivity contribution in [1.29, 1.82) is 0 Å². The van der Waals surface area contributed by atoms with Crippen molar-refractivity contribution in [2.75, 3.05) is 0 Å². The number of aromatic hydroxyl groups is 2. The molecule has 0 bridgehead atoms. The second-order valence-corrected chi connectivity index (χ2v) is 8.29. The van der Waals surface area contributed by atoms with E-state index in [-0.39, 0.29) is 33.4 Å². The maximum atomic E-state index is 13.0. The van der Waals surface area contributed by atoms with Crippen molar-refractivity contribution in [2.24, 2.45) is 0 Å². The van der Waals surface area contributed by atoms with Crippen LogP contribution in [0.25, 0.3) is 10.8 Å². The Balaban J connectivity index is 1.76. The molecule has 0 aromatic heterocycles. The van der Waals surface area contributed by atoms with E-state index in [0.29, 0.717) is 33.2 Å². The Morgan fingerprint density at radius 2 is 1.70 bits per heavy atom. The van der Waals surface area contributed by atoms with Crippen molar-refractivity contribution in [3.8, 4) is 23.0 Å². The summed E-state index contributed by atoms with van der Waals surface area (Å²) in [5, 5.41) is 31.0. The minimum atomic E-state index is -1.51. The van der Waals surface area contributed by atoms with Crippen LogP contribution in [0, 0.1) is 0 Å². The molecule has 0 amide bonds. The van der Waals surface area contributed by atoms with Gasteiger partial charge in [-0.25, -0.2) is 9.59 Å². The molecule has 8 heteroatoms. The first-order chi connectivity index (χ1) is 15.8. The second kappa shape index (κ2) is 6.40. The number of esters is 1. The van der Waals surface area contributed by atoms with E-state index in [1.54, 1.807) is 18.2 Å². The van der Waals surface area contributed by atoms with Gasteiger partial charge in [0, 0.05) is 28.1 Å². The van der Waals surface area contributed by atoms with Crippen LogP contribution in [0.3, 0.4) is 0 Å².